The van der Waals surface area contributed by atoms with E-state index in [1.807, 2.05) is 114 Å². The number of aromatic nitrogens is 6. The largest absolute Gasteiger partial charge is 0.389 e. The van der Waals surface area contributed by atoms with Gasteiger partial charge in [-0.3, -0.25) is 28.8 Å². The van der Waals surface area contributed by atoms with Gasteiger partial charge in [0.2, 0.25) is 0 Å². The number of nitrogens with zero attached hydrogens (tertiary/aromatic N) is 17. The molecule has 0 radical (unpaired) electrons. The number of ketones is 6. The van der Waals surface area contributed by atoms with Gasteiger partial charge in [-0.1, -0.05) is 78.3 Å². The van der Waals surface area contributed by atoms with Crippen molar-refractivity contribution < 1.29 is 33.9 Å². The number of fused-ring (bicyclic) bond motifs is 6. The van der Waals surface area contributed by atoms with Gasteiger partial charge in [0.05, 0.1) is 114 Å². The van der Waals surface area contributed by atoms with Crippen molar-refractivity contribution in [2.24, 2.45) is 32.5 Å². The van der Waals surface area contributed by atoms with Crippen LogP contribution in [0.3, 0.4) is 0 Å². The van der Waals surface area contributed by atoms with Crippen molar-refractivity contribution in [2.75, 3.05) is 179 Å². The monoisotopic (exact) mass is 1980 g/mol. The third-order valence-corrected chi connectivity index (χ3v) is 36.3. The Hall–Kier alpha value is -13.6. The number of likely N-dealkylation sites (tertiary alicyclic amines) is 6. The lowest BCUT2D eigenvalue weighted by molar-refractivity contribution is -0.115. The fourth-order valence-electron chi connectivity index (χ4n) is 25.2. The van der Waals surface area contributed by atoms with Crippen molar-refractivity contribution in [3.8, 4) is 74.1 Å². The molecule has 6 spiro atoms. The van der Waals surface area contributed by atoms with Gasteiger partial charge in [0.15, 0.2) is 34.7 Å². The first-order chi connectivity index (χ1) is 71.5. The SMILES string of the molecule is C#CC1=C(N2CCC3(CC2)CC3)c2nc(CN(C)C)ccc2CC1=O.C#CC1=C(N2CCC3(CC2)CC3)c2nc(N(C)C)ccc2CC1=O.C#CC1=C(N2CCC3(CC2)CC3)c2nc(N3CC(O)C3)ccc2CC1=O.C#CC1=C(N2CCC3(CC2)CC3)c2nc(N3CCC3)ccc2CC1=O.C#CC1=C(N2CCC3(CC2)CC3)c2nc(NC)ccc2CC1=O.C#CC1=C(N2CCC3(CCC3)CC2)c2nc(N(C)C)ccc2CC1=O. The minimum atomic E-state index is -0.275. The molecule has 26 rings (SSSR count). The summed E-state index contributed by atoms with van der Waals surface area (Å²) in [6.45, 7) is 15.8. The topological polar surface area (TPSA) is 248 Å². The highest BCUT2D eigenvalue weighted by atomic mass is 16.3. The van der Waals surface area contributed by atoms with Crippen molar-refractivity contribution in [2.45, 2.75) is 218 Å². The second-order valence-corrected chi connectivity index (χ2v) is 46.5. The van der Waals surface area contributed by atoms with Gasteiger partial charge in [0, 0.05) is 185 Å². The predicted octanol–water partition coefficient (Wildman–Crippen LogP) is 14.6. The van der Waals surface area contributed by atoms with Crippen LogP contribution < -0.4 is 24.9 Å². The highest BCUT2D eigenvalue weighted by Gasteiger charge is 2.52. The zero-order chi connectivity index (χ0) is 103. The quantitative estimate of drug-likeness (QED) is 0.102. The van der Waals surface area contributed by atoms with E-state index >= 15 is 0 Å². The van der Waals surface area contributed by atoms with Crippen LogP contribution in [0.2, 0.25) is 0 Å². The Kier molecular flexibility index (Phi) is 27.5. The van der Waals surface area contributed by atoms with E-state index in [0.717, 1.165) is 235 Å². The molecule has 8 aliphatic heterocycles. The lowest BCUT2D eigenvalue weighted by Gasteiger charge is -2.49. The highest BCUT2D eigenvalue weighted by molar-refractivity contribution is 6.14. The van der Waals surface area contributed by atoms with E-state index < -0.39 is 0 Å². The molecular weight excluding hydrogens is 1840 g/mol. The number of hydrogen-bond donors (Lipinski definition) is 2. The Morgan fingerprint density at radius 2 is 0.547 bits per heavy atom. The number of Topliss-reactive ketones (excluding diaryl/α,β-unsaturated/α-hetero) is 6. The number of β-amino-alcohol motifs (C(OH)–C–C–N with tert-alkyl or cyclic N) is 1. The van der Waals surface area contributed by atoms with E-state index in [1.165, 1.54) is 167 Å². The molecule has 14 fully saturated rings. The van der Waals surface area contributed by atoms with Crippen molar-refractivity contribution in [1.82, 2.24) is 64.2 Å². The van der Waals surface area contributed by atoms with Crippen LogP contribution in [0.25, 0.3) is 34.2 Å². The van der Waals surface area contributed by atoms with Crippen molar-refractivity contribution in [3.05, 3.63) is 179 Å². The van der Waals surface area contributed by atoms with Crippen molar-refractivity contribution >= 4 is 98.0 Å². The molecule has 20 aliphatic rings. The Balaban J connectivity index is 0.000000104. The third kappa shape index (κ3) is 20.1. The van der Waals surface area contributed by atoms with Crippen LogP contribution in [0.1, 0.15) is 240 Å². The van der Waals surface area contributed by atoms with Gasteiger partial charge in [0.1, 0.15) is 29.1 Å². The molecule has 25 nitrogen and oxygen atoms in total. The summed E-state index contributed by atoms with van der Waals surface area (Å²) in [5, 5.41) is 12.7. The van der Waals surface area contributed by atoms with Crippen LogP contribution in [0.5, 0.6) is 0 Å². The molecule has 0 bridgehead atoms. The Morgan fingerprint density at radius 3 is 0.784 bits per heavy atom. The van der Waals surface area contributed by atoms with Gasteiger partial charge >= 0.3 is 0 Å². The molecule has 12 aliphatic carbocycles. The van der Waals surface area contributed by atoms with Gasteiger partial charge in [-0.2, -0.15) is 0 Å². The number of pyridine rings is 6. The normalized spacial score (nSPS) is 22.5. The van der Waals surface area contributed by atoms with E-state index in [4.69, 9.17) is 68.4 Å². The second kappa shape index (κ2) is 40.5. The van der Waals surface area contributed by atoms with Crippen LogP contribution in [-0.2, 0) is 73.8 Å². The number of carbonyl (C=O) groups excluding carboxylic acids is 6. The zero-order valence-corrected chi connectivity index (χ0v) is 87.6. The smallest absolute Gasteiger partial charge is 0.177 e. The minimum absolute atomic E-state index is 0.0237. The van der Waals surface area contributed by atoms with E-state index in [9.17, 15) is 33.9 Å². The maximum Gasteiger partial charge on any atom is 0.177 e. The molecule has 14 heterocycles. The van der Waals surface area contributed by atoms with Crippen molar-refractivity contribution in [3.63, 3.8) is 0 Å². The summed E-state index contributed by atoms with van der Waals surface area (Å²) >= 11 is 0. The molecule has 0 atom stereocenters. The van der Waals surface area contributed by atoms with Gasteiger partial charge in [-0.05, 0) is 277 Å². The lowest BCUT2D eigenvalue weighted by Crippen LogP contribution is -2.51. The van der Waals surface area contributed by atoms with Crippen LogP contribution in [0.15, 0.2) is 106 Å². The van der Waals surface area contributed by atoms with E-state index in [-0.39, 0.29) is 40.8 Å². The van der Waals surface area contributed by atoms with Crippen LogP contribution >= 0.6 is 0 Å². The first-order valence-electron chi connectivity index (χ1n) is 54.3. The highest BCUT2D eigenvalue weighted by Crippen LogP contribution is 2.60. The molecule has 6 aromatic heterocycles. The van der Waals surface area contributed by atoms with Gasteiger partial charge in [-0.15, -0.1) is 38.5 Å². The molecular formula is C123H140N18O7. The Morgan fingerprint density at radius 1 is 0.297 bits per heavy atom. The summed E-state index contributed by atoms with van der Waals surface area (Å²) in [6.07, 6.45) is 69.5. The summed E-state index contributed by atoms with van der Waals surface area (Å²) in [5.41, 5.74) is 24.3. The lowest BCUT2D eigenvalue weighted by atomic mass is 9.63. The van der Waals surface area contributed by atoms with Crippen LogP contribution in [-0.4, -0.2) is 264 Å². The fourth-order valence-corrected chi connectivity index (χ4v) is 25.2. The summed E-state index contributed by atoms with van der Waals surface area (Å²) in [7, 11) is 13.8. The molecule has 6 aromatic rings. The average molecular weight is 1980 g/mol. The van der Waals surface area contributed by atoms with Crippen LogP contribution in [0, 0.1) is 107 Å². The number of aliphatic hydroxyl groups excluding tert-OH is 1. The molecule has 0 unspecified atom stereocenters. The molecule has 6 saturated carbocycles. The van der Waals surface area contributed by atoms with E-state index in [2.05, 4.69) is 103 Å². The molecule has 25 heteroatoms. The number of aliphatic hydroxyl groups is 1. The average Bonchev–Trinajstić information content (AvgIpc) is 1.73. The minimum Gasteiger partial charge on any atom is -0.389 e. The van der Waals surface area contributed by atoms with Gasteiger partial charge < -0.3 is 64.3 Å². The Labute approximate surface area is 873 Å². The Bertz CT molecular complexity index is 6860. The molecule has 0 amide bonds. The summed E-state index contributed by atoms with van der Waals surface area (Å²) in [5.74, 6) is 20.8. The number of carbonyl (C=O) groups is 6. The van der Waals surface area contributed by atoms with Gasteiger partial charge in [-0.25, -0.2) is 29.9 Å². The molecule has 148 heavy (non-hydrogen) atoms. The van der Waals surface area contributed by atoms with Crippen LogP contribution in [0.4, 0.5) is 29.1 Å². The number of allylic oxidation sites excluding steroid dienone is 6. The maximum absolute atomic E-state index is 12.6. The molecule has 764 valence electrons. The summed E-state index contributed by atoms with van der Waals surface area (Å²) < 4.78 is 0. The van der Waals surface area contributed by atoms with E-state index in [0.29, 0.717) is 118 Å². The first-order valence-corrected chi connectivity index (χ1v) is 54.3. The third-order valence-electron chi connectivity index (χ3n) is 36.3. The maximum atomic E-state index is 12.6. The van der Waals surface area contributed by atoms with E-state index in [1.54, 1.807) is 0 Å². The standard InChI is InChI=1S/C21H23N3O2.C21H23N3O.2C21H25N3O.C20H23N3O.C19H21N3O/c1-2-16-17(26)11-14-3-4-18(24-12-15(25)13-24)22-19(14)20(16)23-9-7-21(5-6-21)8-10-23;1-2-16-17(25)14-15-4-5-18(23-10-3-11-23)22-19(15)20(16)24-12-8-21(6-7-21)9-13-24;1-4-16-17(25)14-15-6-7-18(23(2)3)22-19(15)20(16)24-12-10-21(11-13-24)8-5-9-21;1-4-17-18(25)13-15-5-6-16(14-23(2)3)22-19(15)20(17)24-11-9-21(7-8-21)10-12-24;1-4-15-16(24)13-14-5-6-17(22(2)3)21-18(14)19(15)23-11-9-20(7-8-20)10-12-23;1-3-14-15(23)12-13-4-5-16(20-2)21-17(13)18(14)22-10-8-19(6-7-19)9-11-22/h1,3-4,15,25H,5-13H2;1,4-5H,3,6-14H2;1,6-7H,5,8-14H2,2-3H3;1,5-6H,7-14H2,2-3H3;1,5-6H,7-13H2,2-3H3;1,4-5H,6-12H2,2H3,(H,20,21). The fraction of sp³-hybridized carbons (Fsp3) is 0.512. The molecule has 0 aromatic carbocycles. The van der Waals surface area contributed by atoms with Crippen molar-refractivity contribution in [1.29, 1.82) is 0 Å². The molecule has 2 N–H and O–H groups in total. The molecule has 8 saturated heterocycles. The second-order valence-electron chi connectivity index (χ2n) is 46.5. The number of piperidine rings is 6. The number of nitrogens with one attached hydrogen (secondary N) is 1. The van der Waals surface area contributed by atoms with Gasteiger partial charge in [0.25, 0.3) is 0 Å². The number of anilines is 5. The number of terminal acetylenes is 6. The zero-order valence-electron chi connectivity index (χ0n) is 87.6. The summed E-state index contributed by atoms with van der Waals surface area (Å²) in [4.78, 5) is 129. The first kappa shape index (κ1) is 100. The predicted molar refractivity (Wildman–Crippen MR) is 582 cm³/mol. The number of rotatable bonds is 13. The summed E-state index contributed by atoms with van der Waals surface area (Å²) in [6, 6.07) is 24.1. The number of hydrogen-bond acceptors (Lipinski definition) is 25.